The van der Waals surface area contributed by atoms with Gasteiger partial charge in [-0.05, 0) is 30.7 Å². The van der Waals surface area contributed by atoms with E-state index in [1.165, 1.54) is 0 Å². The van der Waals surface area contributed by atoms with Gasteiger partial charge in [-0.1, -0.05) is 17.7 Å². The molecule has 5 nitrogen and oxygen atoms in total. The highest BCUT2D eigenvalue weighted by Gasteiger charge is 2.09. The van der Waals surface area contributed by atoms with Gasteiger partial charge in [-0.2, -0.15) is 0 Å². The molecular formula is C18H23ClN4O. The molecule has 6 heteroatoms. The molecule has 0 bridgehead atoms. The second-order valence-electron chi connectivity index (χ2n) is 6.10. The standard InChI is InChI=1S/C18H23ClN4O/c1-14-2-5-18(24)23(13-14)17-4-3-15(12-16(17)19)21-8-11-22-9-6-20-7-10-22/h2-5,12-13,20-21H,6-11H2,1H3. The highest BCUT2D eigenvalue weighted by atomic mass is 35.5. The zero-order valence-corrected chi connectivity index (χ0v) is 14.6. The van der Waals surface area contributed by atoms with Crippen molar-refractivity contribution in [2.75, 3.05) is 44.6 Å². The predicted octanol–water partition coefficient (Wildman–Crippen LogP) is 2.12. The summed E-state index contributed by atoms with van der Waals surface area (Å²) in [4.78, 5) is 14.5. The van der Waals surface area contributed by atoms with E-state index in [0.717, 1.165) is 50.5 Å². The van der Waals surface area contributed by atoms with Crippen LogP contribution in [-0.4, -0.2) is 48.7 Å². The number of benzene rings is 1. The number of pyridine rings is 1. The first-order valence-corrected chi connectivity index (χ1v) is 8.67. The van der Waals surface area contributed by atoms with Gasteiger partial charge in [0.2, 0.25) is 0 Å². The number of aromatic nitrogens is 1. The van der Waals surface area contributed by atoms with E-state index in [4.69, 9.17) is 11.6 Å². The fraction of sp³-hybridized carbons (Fsp3) is 0.389. The summed E-state index contributed by atoms with van der Waals surface area (Å²) >= 11 is 6.40. The van der Waals surface area contributed by atoms with E-state index in [2.05, 4.69) is 15.5 Å². The van der Waals surface area contributed by atoms with Crippen LogP contribution in [0.1, 0.15) is 5.56 Å². The zero-order chi connectivity index (χ0) is 16.9. The quantitative estimate of drug-likeness (QED) is 0.870. The normalized spacial score (nSPS) is 15.4. The summed E-state index contributed by atoms with van der Waals surface area (Å²) in [5.41, 5.74) is 2.61. The summed E-state index contributed by atoms with van der Waals surface area (Å²) in [5.74, 6) is 0. The van der Waals surface area contributed by atoms with Crippen LogP contribution in [0.25, 0.3) is 5.69 Å². The van der Waals surface area contributed by atoms with Gasteiger partial charge >= 0.3 is 0 Å². The molecule has 1 fully saturated rings. The van der Waals surface area contributed by atoms with Crippen molar-refractivity contribution in [1.29, 1.82) is 0 Å². The molecule has 0 aliphatic carbocycles. The Balaban J connectivity index is 1.66. The predicted molar refractivity (Wildman–Crippen MR) is 99.6 cm³/mol. The maximum absolute atomic E-state index is 12.0. The summed E-state index contributed by atoms with van der Waals surface area (Å²) in [5, 5.41) is 7.32. The summed E-state index contributed by atoms with van der Waals surface area (Å²) in [6.45, 7) is 8.15. The van der Waals surface area contributed by atoms with Crippen molar-refractivity contribution in [2.24, 2.45) is 0 Å². The van der Waals surface area contributed by atoms with Crippen LogP contribution in [0.2, 0.25) is 5.02 Å². The third-order valence-electron chi connectivity index (χ3n) is 4.23. The molecule has 1 aromatic carbocycles. The molecule has 1 aliphatic heterocycles. The number of nitrogens with one attached hydrogen (secondary N) is 2. The molecule has 128 valence electrons. The lowest BCUT2D eigenvalue weighted by atomic mass is 10.2. The molecule has 24 heavy (non-hydrogen) atoms. The van der Waals surface area contributed by atoms with Crippen molar-refractivity contribution in [2.45, 2.75) is 6.92 Å². The molecule has 2 N–H and O–H groups in total. The monoisotopic (exact) mass is 346 g/mol. The van der Waals surface area contributed by atoms with Crippen LogP contribution in [0.15, 0.2) is 41.3 Å². The van der Waals surface area contributed by atoms with E-state index < -0.39 is 0 Å². The number of piperazine rings is 1. The second kappa shape index (κ2) is 7.83. The number of aryl methyl sites for hydroxylation is 1. The highest BCUT2D eigenvalue weighted by Crippen LogP contribution is 2.23. The molecule has 0 unspecified atom stereocenters. The summed E-state index contributed by atoms with van der Waals surface area (Å²) in [7, 11) is 0. The summed E-state index contributed by atoms with van der Waals surface area (Å²) in [6, 6.07) is 9.09. The van der Waals surface area contributed by atoms with Crippen LogP contribution in [0.3, 0.4) is 0 Å². The fourth-order valence-electron chi connectivity index (χ4n) is 2.89. The Morgan fingerprint density at radius 2 is 2.00 bits per heavy atom. The first-order chi connectivity index (χ1) is 11.6. The van der Waals surface area contributed by atoms with Gasteiger partial charge < -0.3 is 10.6 Å². The molecule has 1 aromatic heterocycles. The minimum Gasteiger partial charge on any atom is -0.384 e. The molecule has 3 rings (SSSR count). The topological polar surface area (TPSA) is 49.3 Å². The van der Waals surface area contributed by atoms with Crippen LogP contribution >= 0.6 is 11.6 Å². The van der Waals surface area contributed by atoms with Crippen LogP contribution in [0.5, 0.6) is 0 Å². The molecular weight excluding hydrogens is 324 g/mol. The number of hydrogen-bond acceptors (Lipinski definition) is 4. The van der Waals surface area contributed by atoms with E-state index in [9.17, 15) is 4.79 Å². The number of nitrogens with zero attached hydrogens (tertiary/aromatic N) is 2. The third-order valence-corrected chi connectivity index (χ3v) is 4.54. The molecule has 1 aliphatic rings. The number of rotatable bonds is 5. The number of anilines is 1. The third kappa shape index (κ3) is 4.17. The van der Waals surface area contributed by atoms with Crippen molar-refractivity contribution >= 4 is 17.3 Å². The lowest BCUT2D eigenvalue weighted by molar-refractivity contribution is 0.249. The zero-order valence-electron chi connectivity index (χ0n) is 13.9. The van der Waals surface area contributed by atoms with Gasteiger partial charge in [-0.3, -0.25) is 14.3 Å². The smallest absolute Gasteiger partial charge is 0.255 e. The van der Waals surface area contributed by atoms with Crippen LogP contribution in [-0.2, 0) is 0 Å². The summed E-state index contributed by atoms with van der Waals surface area (Å²) in [6.07, 6.45) is 1.81. The molecule has 2 heterocycles. The number of hydrogen-bond donors (Lipinski definition) is 2. The minimum absolute atomic E-state index is 0.0816. The first-order valence-electron chi connectivity index (χ1n) is 8.30. The lowest BCUT2D eigenvalue weighted by Gasteiger charge is -2.27. The largest absolute Gasteiger partial charge is 0.384 e. The van der Waals surface area contributed by atoms with Crippen LogP contribution < -0.4 is 16.2 Å². The van der Waals surface area contributed by atoms with Crippen LogP contribution in [0, 0.1) is 6.92 Å². The van der Waals surface area contributed by atoms with Gasteiger partial charge in [0.1, 0.15) is 0 Å². The average molecular weight is 347 g/mol. The van der Waals surface area contributed by atoms with E-state index in [-0.39, 0.29) is 5.56 Å². The van der Waals surface area contributed by atoms with Gasteiger partial charge in [0.15, 0.2) is 0 Å². The van der Waals surface area contributed by atoms with E-state index in [1.807, 2.05) is 25.1 Å². The van der Waals surface area contributed by atoms with Crippen molar-refractivity contribution in [3.05, 3.63) is 57.5 Å². The Labute approximate surface area is 147 Å². The van der Waals surface area contributed by atoms with Crippen molar-refractivity contribution in [1.82, 2.24) is 14.8 Å². The van der Waals surface area contributed by atoms with E-state index in [1.54, 1.807) is 22.9 Å². The Hall–Kier alpha value is -1.82. The average Bonchev–Trinajstić information content (AvgIpc) is 2.58. The lowest BCUT2D eigenvalue weighted by Crippen LogP contribution is -2.45. The van der Waals surface area contributed by atoms with Crippen molar-refractivity contribution in [3.8, 4) is 5.69 Å². The maximum Gasteiger partial charge on any atom is 0.255 e. The van der Waals surface area contributed by atoms with Gasteiger partial charge in [-0.25, -0.2) is 0 Å². The van der Waals surface area contributed by atoms with E-state index in [0.29, 0.717) is 10.7 Å². The molecule has 0 radical (unpaired) electrons. The van der Waals surface area contributed by atoms with Gasteiger partial charge in [0, 0.05) is 57.2 Å². The minimum atomic E-state index is -0.0816. The van der Waals surface area contributed by atoms with Crippen molar-refractivity contribution in [3.63, 3.8) is 0 Å². The molecule has 1 saturated heterocycles. The molecule has 0 saturated carbocycles. The molecule has 0 spiro atoms. The molecule has 0 amide bonds. The van der Waals surface area contributed by atoms with Crippen LogP contribution in [0.4, 0.5) is 5.69 Å². The Morgan fingerprint density at radius 1 is 1.21 bits per heavy atom. The number of halogens is 1. The Bertz CT molecular complexity index is 753. The summed E-state index contributed by atoms with van der Waals surface area (Å²) < 4.78 is 1.59. The van der Waals surface area contributed by atoms with Gasteiger partial charge in [-0.15, -0.1) is 0 Å². The fourth-order valence-corrected chi connectivity index (χ4v) is 3.16. The maximum atomic E-state index is 12.0. The van der Waals surface area contributed by atoms with Gasteiger partial charge in [0.25, 0.3) is 5.56 Å². The first kappa shape index (κ1) is 17.0. The van der Waals surface area contributed by atoms with Gasteiger partial charge in [0.05, 0.1) is 10.7 Å². The second-order valence-corrected chi connectivity index (χ2v) is 6.51. The Kier molecular flexibility index (Phi) is 5.56. The highest BCUT2D eigenvalue weighted by molar-refractivity contribution is 6.32. The molecule has 0 atom stereocenters. The molecule has 2 aromatic rings. The SMILES string of the molecule is Cc1ccc(=O)n(-c2ccc(NCCN3CCNCC3)cc2Cl)c1. The van der Waals surface area contributed by atoms with E-state index >= 15 is 0 Å². The Morgan fingerprint density at radius 3 is 2.75 bits per heavy atom. The van der Waals surface area contributed by atoms with Crippen molar-refractivity contribution < 1.29 is 0 Å².